The van der Waals surface area contributed by atoms with E-state index in [9.17, 15) is 19.8 Å². The minimum Gasteiger partial charge on any atom is -0.494 e. The number of aromatic nitrogens is 2. The predicted molar refractivity (Wildman–Crippen MR) is 174 cm³/mol. The van der Waals surface area contributed by atoms with Gasteiger partial charge in [0, 0.05) is 23.0 Å². The largest absolute Gasteiger partial charge is 0.494 e. The Kier molecular flexibility index (Phi) is 13.1. The number of rotatable bonds is 7. The minimum atomic E-state index is -0.280. The monoisotopic (exact) mass is 602 g/mol. The Morgan fingerprint density at radius 2 is 1.23 bits per heavy atom. The molecule has 8 nitrogen and oxygen atoms in total. The molecule has 0 aliphatic carbocycles. The van der Waals surface area contributed by atoms with Crippen LogP contribution < -0.4 is 0 Å². The summed E-state index contributed by atoms with van der Waals surface area (Å²) in [6.07, 6.45) is 5.83. The minimum absolute atomic E-state index is 0.0233. The summed E-state index contributed by atoms with van der Waals surface area (Å²) in [5.41, 5.74) is 6.91. The first-order chi connectivity index (χ1) is 19.3. The van der Waals surface area contributed by atoms with E-state index >= 15 is 0 Å². The van der Waals surface area contributed by atoms with Crippen molar-refractivity contribution in [1.82, 2.24) is 9.97 Å². The second-order valence-corrected chi connectivity index (χ2v) is 10.8. The number of hydrogen-bond acceptors (Lipinski definition) is 7. The fraction of sp³-hybridized carbons (Fsp3) is 0.379. The Labute approximate surface area is 249 Å². The van der Waals surface area contributed by atoms with Gasteiger partial charge in [-0.1, -0.05) is 51.5 Å². The molecule has 4 N–H and O–H groups in total. The van der Waals surface area contributed by atoms with E-state index in [0.29, 0.717) is 56.6 Å². The standard InChI is InChI=1S/C15H14N2O2S.C10H12N2O2S2.2C2H6/c1-8-4-3-5-9(6-8)13-12-11(14(18)17-13)10(7-20-2)16-15(12)19;1-15-3-5-7-8(10(14)11-5)6(4-16-2)12-9(7)13;2*1-2/h3-6,17-18H,7H2,1-2H3;11,14H,3-4H2,1-2H3;2*1-2H3. The summed E-state index contributed by atoms with van der Waals surface area (Å²) in [4.78, 5) is 37.6. The number of nitrogens with one attached hydrogen (secondary N) is 2. The topological polar surface area (TPSA) is 131 Å². The molecule has 1 aromatic carbocycles. The molecule has 11 heteroatoms. The first-order valence-electron chi connectivity index (χ1n) is 13.0. The SMILES string of the molecule is CC.CC.CSCC1=NC(=O)c2c(-c3cccc(C)c3)[nH]c(O)c21.CSCC1=NC(=O)c2c(CSC)[nH]c(O)c21. The second kappa shape index (κ2) is 15.8. The van der Waals surface area contributed by atoms with E-state index in [0.717, 1.165) is 16.8 Å². The quantitative estimate of drug-likeness (QED) is 0.230. The highest BCUT2D eigenvalue weighted by molar-refractivity contribution is 7.99. The molecule has 3 aromatic rings. The zero-order valence-corrected chi connectivity index (χ0v) is 26.7. The smallest absolute Gasteiger partial charge is 0.280 e. The van der Waals surface area contributed by atoms with Crippen molar-refractivity contribution in [2.75, 3.05) is 30.3 Å². The molecule has 2 aliphatic heterocycles. The fourth-order valence-corrected chi connectivity index (χ4v) is 5.73. The summed E-state index contributed by atoms with van der Waals surface area (Å²) >= 11 is 4.76. The number of hydrogen-bond donors (Lipinski definition) is 4. The second-order valence-electron chi connectivity index (χ2n) is 8.20. The van der Waals surface area contributed by atoms with Gasteiger partial charge >= 0.3 is 0 Å². The highest BCUT2D eigenvalue weighted by atomic mass is 32.2. The van der Waals surface area contributed by atoms with Crippen molar-refractivity contribution in [2.24, 2.45) is 9.98 Å². The number of carbonyl (C=O) groups excluding carboxylic acids is 2. The molecule has 0 spiro atoms. The van der Waals surface area contributed by atoms with E-state index in [1.807, 2.05) is 77.7 Å². The summed E-state index contributed by atoms with van der Waals surface area (Å²) in [6, 6.07) is 7.81. The molecule has 0 radical (unpaired) electrons. The lowest BCUT2D eigenvalue weighted by Gasteiger charge is -2.01. The first kappa shape index (κ1) is 33.3. The molecule has 5 rings (SSSR count). The maximum atomic E-state index is 12.1. The van der Waals surface area contributed by atoms with Crippen molar-refractivity contribution in [2.45, 2.75) is 40.4 Å². The molecule has 0 bridgehead atoms. The third kappa shape index (κ3) is 7.05. The van der Waals surface area contributed by atoms with Gasteiger partial charge in [-0.15, -0.1) is 0 Å². The van der Waals surface area contributed by atoms with E-state index in [1.54, 1.807) is 35.3 Å². The van der Waals surface area contributed by atoms with Crippen molar-refractivity contribution < 1.29 is 19.8 Å². The van der Waals surface area contributed by atoms with Crippen molar-refractivity contribution in [1.29, 1.82) is 0 Å². The summed E-state index contributed by atoms with van der Waals surface area (Å²) in [5, 5.41) is 19.9. The lowest BCUT2D eigenvalue weighted by atomic mass is 10.0. The van der Waals surface area contributed by atoms with Gasteiger partial charge < -0.3 is 20.2 Å². The number of H-pyrrole nitrogens is 2. The maximum Gasteiger partial charge on any atom is 0.280 e. The van der Waals surface area contributed by atoms with Crippen LogP contribution in [-0.2, 0) is 5.75 Å². The molecule has 0 unspecified atom stereocenters. The number of nitrogens with zero attached hydrogens (tertiary/aromatic N) is 2. The van der Waals surface area contributed by atoms with Crippen LogP contribution in [0.4, 0.5) is 0 Å². The third-order valence-corrected chi connectivity index (χ3v) is 7.38. The Balaban J connectivity index is 0.000000254. The third-order valence-electron chi connectivity index (χ3n) is 5.67. The predicted octanol–water partition coefficient (Wildman–Crippen LogP) is 6.94. The van der Waals surface area contributed by atoms with Crippen LogP contribution in [-0.4, -0.2) is 73.7 Å². The zero-order valence-electron chi connectivity index (χ0n) is 24.3. The van der Waals surface area contributed by atoms with E-state index in [4.69, 9.17) is 0 Å². The number of benzene rings is 1. The molecule has 0 atom stereocenters. The number of amides is 2. The summed E-state index contributed by atoms with van der Waals surface area (Å²) < 4.78 is 0. The van der Waals surface area contributed by atoms with Crippen molar-refractivity contribution >= 4 is 58.5 Å². The number of aromatic amines is 2. The molecule has 0 saturated heterocycles. The van der Waals surface area contributed by atoms with E-state index in [-0.39, 0.29) is 23.6 Å². The van der Waals surface area contributed by atoms with E-state index < -0.39 is 0 Å². The van der Waals surface area contributed by atoms with E-state index in [1.165, 1.54) is 0 Å². The van der Waals surface area contributed by atoms with Crippen molar-refractivity contribution in [3.63, 3.8) is 0 Å². The van der Waals surface area contributed by atoms with Gasteiger partial charge in [-0.2, -0.15) is 35.3 Å². The van der Waals surface area contributed by atoms with Gasteiger partial charge in [-0.05, 0) is 37.3 Å². The summed E-state index contributed by atoms with van der Waals surface area (Å²) in [7, 11) is 0. The number of fused-ring (bicyclic) bond motifs is 2. The Hall–Kier alpha value is -2.89. The van der Waals surface area contributed by atoms with Crippen LogP contribution >= 0.6 is 35.3 Å². The van der Waals surface area contributed by atoms with Crippen LogP contribution in [0.15, 0.2) is 34.3 Å². The Morgan fingerprint density at radius 1 is 0.725 bits per heavy atom. The van der Waals surface area contributed by atoms with Gasteiger partial charge in [0.25, 0.3) is 11.8 Å². The number of aliphatic imine (C=N–C) groups is 2. The van der Waals surface area contributed by atoms with Gasteiger partial charge in [0.1, 0.15) is 0 Å². The fourth-order valence-electron chi connectivity index (χ4n) is 4.26. The molecule has 2 amide bonds. The molecule has 40 heavy (non-hydrogen) atoms. The summed E-state index contributed by atoms with van der Waals surface area (Å²) in [6.45, 7) is 9.99. The molecule has 0 saturated carbocycles. The van der Waals surface area contributed by atoms with Crippen LogP contribution in [0.3, 0.4) is 0 Å². The molecule has 0 fully saturated rings. The summed E-state index contributed by atoms with van der Waals surface area (Å²) in [5.74, 6) is 1.50. The van der Waals surface area contributed by atoms with Crippen molar-refractivity contribution in [3.05, 3.63) is 57.8 Å². The maximum absolute atomic E-state index is 12.1. The lowest BCUT2D eigenvalue weighted by Crippen LogP contribution is -2.00. The first-order valence-corrected chi connectivity index (χ1v) is 17.2. The number of aryl methyl sites for hydroxylation is 1. The average molecular weight is 603 g/mol. The molecule has 2 aromatic heterocycles. The number of carbonyl (C=O) groups is 2. The van der Waals surface area contributed by atoms with Gasteiger partial charge in [0.05, 0.1) is 39.4 Å². The molecule has 2 aliphatic rings. The van der Waals surface area contributed by atoms with Crippen LogP contribution in [0.5, 0.6) is 11.8 Å². The Bertz CT molecular complexity index is 1410. The van der Waals surface area contributed by atoms with Gasteiger partial charge in [0.2, 0.25) is 0 Å². The number of aromatic hydroxyl groups is 2. The van der Waals surface area contributed by atoms with Gasteiger partial charge in [0.15, 0.2) is 11.8 Å². The highest BCUT2D eigenvalue weighted by Gasteiger charge is 2.33. The van der Waals surface area contributed by atoms with E-state index in [2.05, 4.69) is 20.0 Å². The lowest BCUT2D eigenvalue weighted by molar-refractivity contribution is 0.0998. The van der Waals surface area contributed by atoms with Crippen molar-refractivity contribution in [3.8, 4) is 23.0 Å². The normalized spacial score (nSPS) is 12.7. The van der Waals surface area contributed by atoms with Crippen LogP contribution in [0.2, 0.25) is 0 Å². The Morgan fingerprint density at radius 3 is 1.75 bits per heavy atom. The van der Waals surface area contributed by atoms with Crippen LogP contribution in [0, 0.1) is 6.92 Å². The molecular formula is C29H38N4O4S3. The zero-order chi connectivity index (χ0) is 30.0. The average Bonchev–Trinajstić information content (AvgIpc) is 3.66. The highest BCUT2D eigenvalue weighted by Crippen LogP contribution is 2.37. The van der Waals surface area contributed by atoms with Gasteiger partial charge in [-0.3, -0.25) is 9.59 Å². The number of thioether (sulfide) groups is 3. The molecule has 216 valence electrons. The van der Waals surface area contributed by atoms with Gasteiger partial charge in [-0.25, -0.2) is 9.98 Å². The molecule has 4 heterocycles. The molecular weight excluding hydrogens is 565 g/mol. The van der Waals surface area contributed by atoms with Crippen LogP contribution in [0.25, 0.3) is 11.3 Å². The van der Waals surface area contributed by atoms with Crippen LogP contribution in [0.1, 0.15) is 70.8 Å².